The predicted octanol–water partition coefficient (Wildman–Crippen LogP) is 3.26. The molecular formula is C15H28O2. The van der Waals surface area contributed by atoms with Crippen molar-refractivity contribution in [1.29, 1.82) is 0 Å². The summed E-state index contributed by atoms with van der Waals surface area (Å²) in [6, 6.07) is 0. The SMILES string of the molecule is CC1CCCC(O)(C2(CO)CCCCC2)CC1. The quantitative estimate of drug-likeness (QED) is 0.727. The fraction of sp³-hybridized carbons (Fsp3) is 1.00. The van der Waals surface area contributed by atoms with Crippen molar-refractivity contribution in [3.05, 3.63) is 0 Å². The minimum Gasteiger partial charge on any atom is -0.396 e. The van der Waals surface area contributed by atoms with Crippen molar-refractivity contribution in [3.63, 3.8) is 0 Å². The van der Waals surface area contributed by atoms with Gasteiger partial charge in [0.15, 0.2) is 0 Å². The third-order valence-electron chi connectivity index (χ3n) is 5.44. The summed E-state index contributed by atoms with van der Waals surface area (Å²) in [5.74, 6) is 0.739. The van der Waals surface area contributed by atoms with Crippen LogP contribution < -0.4 is 0 Å². The van der Waals surface area contributed by atoms with E-state index in [4.69, 9.17) is 0 Å². The lowest BCUT2D eigenvalue weighted by atomic mass is 9.61. The van der Waals surface area contributed by atoms with Crippen molar-refractivity contribution in [2.75, 3.05) is 6.61 Å². The molecule has 0 heterocycles. The second kappa shape index (κ2) is 5.27. The molecule has 0 spiro atoms. The Balaban J connectivity index is 2.15. The molecular weight excluding hydrogens is 212 g/mol. The highest BCUT2D eigenvalue weighted by Gasteiger charge is 2.49. The summed E-state index contributed by atoms with van der Waals surface area (Å²) in [5.41, 5.74) is -0.776. The fourth-order valence-electron chi connectivity index (χ4n) is 4.03. The Kier molecular flexibility index (Phi) is 4.14. The highest BCUT2D eigenvalue weighted by molar-refractivity contribution is 5.01. The Labute approximate surface area is 105 Å². The second-order valence-corrected chi connectivity index (χ2v) is 6.57. The molecule has 0 aliphatic heterocycles. The molecule has 2 aliphatic carbocycles. The van der Waals surface area contributed by atoms with Crippen LogP contribution in [0.25, 0.3) is 0 Å². The maximum absolute atomic E-state index is 11.1. The molecule has 0 aromatic rings. The number of hydrogen-bond donors (Lipinski definition) is 2. The van der Waals surface area contributed by atoms with Crippen LogP contribution >= 0.6 is 0 Å². The van der Waals surface area contributed by atoms with Crippen molar-refractivity contribution < 1.29 is 10.2 Å². The van der Waals surface area contributed by atoms with Crippen LogP contribution in [0.5, 0.6) is 0 Å². The van der Waals surface area contributed by atoms with E-state index in [-0.39, 0.29) is 12.0 Å². The first kappa shape index (κ1) is 13.4. The largest absolute Gasteiger partial charge is 0.396 e. The van der Waals surface area contributed by atoms with Gasteiger partial charge in [0.2, 0.25) is 0 Å². The molecule has 2 aliphatic rings. The van der Waals surface area contributed by atoms with Crippen LogP contribution in [0.4, 0.5) is 0 Å². The van der Waals surface area contributed by atoms with Gasteiger partial charge >= 0.3 is 0 Å². The van der Waals surface area contributed by atoms with E-state index in [1.54, 1.807) is 0 Å². The lowest BCUT2D eigenvalue weighted by Gasteiger charge is -2.49. The van der Waals surface area contributed by atoms with Crippen LogP contribution in [0.15, 0.2) is 0 Å². The van der Waals surface area contributed by atoms with Gasteiger partial charge < -0.3 is 10.2 Å². The maximum atomic E-state index is 11.1. The zero-order chi connectivity index (χ0) is 12.4. The van der Waals surface area contributed by atoms with Crippen molar-refractivity contribution in [2.24, 2.45) is 11.3 Å². The number of aliphatic hydroxyl groups is 2. The first-order valence-electron chi connectivity index (χ1n) is 7.45. The summed E-state index contributed by atoms with van der Waals surface area (Å²) in [5, 5.41) is 20.9. The Morgan fingerprint density at radius 2 is 1.65 bits per heavy atom. The summed E-state index contributed by atoms with van der Waals surface area (Å²) in [6.45, 7) is 2.47. The first-order chi connectivity index (χ1) is 8.12. The zero-order valence-electron chi connectivity index (χ0n) is 11.2. The molecule has 2 fully saturated rings. The van der Waals surface area contributed by atoms with Gasteiger partial charge in [0.25, 0.3) is 0 Å². The third-order valence-corrected chi connectivity index (χ3v) is 5.44. The molecule has 0 amide bonds. The minimum absolute atomic E-state index is 0.178. The fourth-order valence-corrected chi connectivity index (χ4v) is 4.03. The molecule has 2 N–H and O–H groups in total. The second-order valence-electron chi connectivity index (χ2n) is 6.57. The topological polar surface area (TPSA) is 40.5 Å². The zero-order valence-corrected chi connectivity index (χ0v) is 11.2. The average Bonchev–Trinajstić information content (AvgIpc) is 2.53. The van der Waals surface area contributed by atoms with E-state index < -0.39 is 5.60 Å². The molecule has 0 saturated heterocycles. The van der Waals surface area contributed by atoms with E-state index in [0.717, 1.165) is 44.4 Å². The highest BCUT2D eigenvalue weighted by atomic mass is 16.3. The molecule has 0 radical (unpaired) electrons. The third kappa shape index (κ3) is 2.53. The van der Waals surface area contributed by atoms with E-state index in [9.17, 15) is 10.2 Å². The molecule has 100 valence electrons. The Morgan fingerprint density at radius 3 is 2.29 bits per heavy atom. The van der Waals surface area contributed by atoms with Crippen LogP contribution in [-0.2, 0) is 0 Å². The van der Waals surface area contributed by atoms with Gasteiger partial charge in [-0.25, -0.2) is 0 Å². The van der Waals surface area contributed by atoms with Gasteiger partial charge in [0.05, 0.1) is 12.2 Å². The van der Waals surface area contributed by atoms with Crippen molar-refractivity contribution in [3.8, 4) is 0 Å². The number of aliphatic hydroxyl groups excluding tert-OH is 1. The molecule has 0 bridgehead atoms. The molecule has 0 aromatic heterocycles. The van der Waals surface area contributed by atoms with Crippen LogP contribution in [0, 0.1) is 11.3 Å². The summed E-state index contributed by atoms with van der Waals surface area (Å²) in [6.07, 6.45) is 11.0. The predicted molar refractivity (Wildman–Crippen MR) is 69.8 cm³/mol. The normalized spacial score (nSPS) is 38.6. The van der Waals surface area contributed by atoms with Gasteiger partial charge in [-0.05, 0) is 38.0 Å². The molecule has 2 nitrogen and oxygen atoms in total. The highest BCUT2D eigenvalue weighted by Crippen LogP contribution is 2.50. The molecule has 2 saturated carbocycles. The molecule has 2 atom stereocenters. The molecule has 2 heteroatoms. The molecule has 2 rings (SSSR count). The van der Waals surface area contributed by atoms with Gasteiger partial charge in [0, 0.05) is 5.41 Å². The Bertz CT molecular complexity index is 245. The van der Waals surface area contributed by atoms with Gasteiger partial charge in [-0.1, -0.05) is 39.0 Å². The van der Waals surface area contributed by atoms with Gasteiger partial charge in [0.1, 0.15) is 0 Å². The van der Waals surface area contributed by atoms with E-state index >= 15 is 0 Å². The monoisotopic (exact) mass is 240 g/mol. The Morgan fingerprint density at radius 1 is 0.941 bits per heavy atom. The standard InChI is InChI=1S/C15H28O2/c1-13-6-5-10-15(17,11-7-13)14(12-16)8-3-2-4-9-14/h13,16-17H,2-12H2,1H3. The van der Waals surface area contributed by atoms with Crippen molar-refractivity contribution in [1.82, 2.24) is 0 Å². The van der Waals surface area contributed by atoms with E-state index in [1.165, 1.54) is 25.7 Å². The Hall–Kier alpha value is -0.0800. The average molecular weight is 240 g/mol. The van der Waals surface area contributed by atoms with Crippen LogP contribution in [-0.4, -0.2) is 22.4 Å². The summed E-state index contributed by atoms with van der Waals surface area (Å²) >= 11 is 0. The lowest BCUT2D eigenvalue weighted by molar-refractivity contribution is -0.136. The number of rotatable bonds is 2. The number of hydrogen-bond acceptors (Lipinski definition) is 2. The molecule has 0 aromatic carbocycles. The molecule has 17 heavy (non-hydrogen) atoms. The van der Waals surface area contributed by atoms with Gasteiger partial charge in [-0.15, -0.1) is 0 Å². The summed E-state index contributed by atoms with van der Waals surface area (Å²) in [4.78, 5) is 0. The summed E-state index contributed by atoms with van der Waals surface area (Å²) < 4.78 is 0. The minimum atomic E-state index is -0.590. The summed E-state index contributed by atoms with van der Waals surface area (Å²) in [7, 11) is 0. The van der Waals surface area contributed by atoms with Crippen LogP contribution in [0.2, 0.25) is 0 Å². The van der Waals surface area contributed by atoms with Crippen LogP contribution in [0.1, 0.15) is 71.1 Å². The molecule has 2 unspecified atom stereocenters. The van der Waals surface area contributed by atoms with E-state index in [1.807, 2.05) is 0 Å². The smallest absolute Gasteiger partial charge is 0.0725 e. The van der Waals surface area contributed by atoms with Gasteiger partial charge in [-0.3, -0.25) is 0 Å². The van der Waals surface area contributed by atoms with Crippen LogP contribution in [0.3, 0.4) is 0 Å². The van der Waals surface area contributed by atoms with Crippen molar-refractivity contribution in [2.45, 2.75) is 76.7 Å². The first-order valence-corrected chi connectivity index (χ1v) is 7.45. The van der Waals surface area contributed by atoms with Crippen molar-refractivity contribution >= 4 is 0 Å². The van der Waals surface area contributed by atoms with E-state index in [0.29, 0.717) is 0 Å². The maximum Gasteiger partial charge on any atom is 0.0725 e. The lowest BCUT2D eigenvalue weighted by Crippen LogP contribution is -2.51. The van der Waals surface area contributed by atoms with Gasteiger partial charge in [-0.2, -0.15) is 0 Å². The van der Waals surface area contributed by atoms with E-state index in [2.05, 4.69) is 6.92 Å².